The molecule has 1 aliphatic rings. The maximum Gasteiger partial charge on any atom is 0.301 e. The fraction of sp³-hybridized carbons (Fsp3) is 0.182. The summed E-state index contributed by atoms with van der Waals surface area (Å²) < 4.78 is 6.92. The maximum absolute atomic E-state index is 12.8. The predicted molar refractivity (Wildman–Crippen MR) is 133 cm³/mol. The first-order valence-electron chi connectivity index (χ1n) is 10.2. The summed E-state index contributed by atoms with van der Waals surface area (Å²) in [6.45, 7) is 1.76. The highest BCUT2D eigenvalue weighted by Gasteiger charge is 2.28. The van der Waals surface area contributed by atoms with E-state index in [2.05, 4.69) is 38.4 Å². The number of nitro benzene ring substituents is 2. The topological polar surface area (TPSA) is 153 Å². The van der Waals surface area contributed by atoms with Crippen LogP contribution in [0.1, 0.15) is 40.3 Å². The van der Waals surface area contributed by atoms with E-state index in [-0.39, 0.29) is 23.0 Å². The van der Waals surface area contributed by atoms with E-state index in [1.54, 1.807) is 19.1 Å². The predicted octanol–water partition coefficient (Wildman–Crippen LogP) is 5.41. The van der Waals surface area contributed by atoms with Gasteiger partial charge in [0.25, 0.3) is 11.6 Å². The summed E-state index contributed by atoms with van der Waals surface area (Å²) in [5.41, 5.74) is 4.37. The number of carbonyl (C=O) groups excluding carboxylic acids is 1. The second-order valence-corrected chi connectivity index (χ2v) is 8.80. The van der Waals surface area contributed by atoms with Crippen LogP contribution in [-0.2, 0) is 6.42 Å². The van der Waals surface area contributed by atoms with Crippen LogP contribution in [0.15, 0.2) is 52.0 Å². The van der Waals surface area contributed by atoms with Gasteiger partial charge in [-0.15, -0.1) is 0 Å². The van der Waals surface area contributed by atoms with E-state index in [0.717, 1.165) is 22.1 Å². The van der Waals surface area contributed by atoms with E-state index in [4.69, 9.17) is 4.42 Å². The van der Waals surface area contributed by atoms with E-state index in [9.17, 15) is 25.0 Å². The lowest BCUT2D eigenvalue weighted by Gasteiger charge is -2.13. The number of halogens is 1. The quantitative estimate of drug-likeness (QED) is 0.226. The maximum atomic E-state index is 12.8. The standard InChI is InChI=1S/C22H18IN5O6/c1-12-20-17(26-25-16-10-9-15(27(30)31)11-18(16)28(32)33)3-2-4-19(20)34-21(12)22(29)24-14-7-5-13(23)6-8-14/h5-11,25H,2-4H2,1H3,(H,24,29)/b26-17+. The molecule has 0 bridgehead atoms. The molecule has 1 aliphatic carbocycles. The number of nitro groups is 2. The van der Waals surface area contributed by atoms with Gasteiger partial charge in [-0.05, 0) is 72.7 Å². The molecule has 0 saturated heterocycles. The van der Waals surface area contributed by atoms with E-state index in [1.165, 1.54) is 6.07 Å². The highest BCUT2D eigenvalue weighted by Crippen LogP contribution is 2.32. The molecule has 11 nitrogen and oxygen atoms in total. The van der Waals surface area contributed by atoms with E-state index in [0.29, 0.717) is 41.1 Å². The van der Waals surface area contributed by atoms with Gasteiger partial charge < -0.3 is 9.73 Å². The molecular weight excluding hydrogens is 557 g/mol. The molecule has 0 spiro atoms. The van der Waals surface area contributed by atoms with Crippen LogP contribution in [-0.4, -0.2) is 21.5 Å². The van der Waals surface area contributed by atoms with Crippen molar-refractivity contribution in [1.82, 2.24) is 0 Å². The van der Waals surface area contributed by atoms with Crippen LogP contribution in [0.4, 0.5) is 22.7 Å². The number of hydrogen-bond donors (Lipinski definition) is 2. The number of nitrogens with one attached hydrogen (secondary N) is 2. The number of fused-ring (bicyclic) bond motifs is 1. The minimum absolute atomic E-state index is 0.0213. The number of benzene rings is 2. The molecule has 3 aromatic rings. The van der Waals surface area contributed by atoms with Gasteiger partial charge in [0.1, 0.15) is 11.4 Å². The summed E-state index contributed by atoms with van der Waals surface area (Å²) in [6.07, 6.45) is 1.92. The van der Waals surface area contributed by atoms with Crippen LogP contribution in [0.2, 0.25) is 0 Å². The van der Waals surface area contributed by atoms with Crippen LogP contribution in [0.5, 0.6) is 0 Å². The highest BCUT2D eigenvalue weighted by molar-refractivity contribution is 14.1. The van der Waals surface area contributed by atoms with Gasteiger partial charge in [0.05, 0.1) is 21.6 Å². The number of non-ortho nitro benzene ring substituents is 1. The van der Waals surface area contributed by atoms with Gasteiger partial charge in [-0.2, -0.15) is 5.10 Å². The third-order valence-corrected chi connectivity index (χ3v) is 6.05. The van der Waals surface area contributed by atoms with Gasteiger partial charge in [-0.1, -0.05) is 0 Å². The van der Waals surface area contributed by atoms with Crippen molar-refractivity contribution in [1.29, 1.82) is 0 Å². The van der Waals surface area contributed by atoms with E-state index >= 15 is 0 Å². The largest absolute Gasteiger partial charge is 0.455 e. The molecule has 34 heavy (non-hydrogen) atoms. The van der Waals surface area contributed by atoms with Crippen molar-refractivity contribution in [2.24, 2.45) is 5.10 Å². The first kappa shape index (κ1) is 23.4. The zero-order valence-electron chi connectivity index (χ0n) is 17.8. The molecule has 2 aromatic carbocycles. The average Bonchev–Trinajstić information content (AvgIpc) is 3.16. The molecule has 0 unspecified atom stereocenters. The molecule has 0 saturated carbocycles. The average molecular weight is 575 g/mol. The summed E-state index contributed by atoms with van der Waals surface area (Å²) in [5, 5.41) is 29.5. The minimum atomic E-state index is -0.710. The normalized spacial score (nSPS) is 13.9. The zero-order valence-corrected chi connectivity index (χ0v) is 20.0. The summed E-state index contributed by atoms with van der Waals surface area (Å²) in [6, 6.07) is 10.6. The van der Waals surface area contributed by atoms with Gasteiger partial charge in [0, 0.05) is 32.9 Å². The van der Waals surface area contributed by atoms with Crippen molar-refractivity contribution >= 4 is 57.0 Å². The molecule has 1 aromatic heterocycles. The van der Waals surface area contributed by atoms with Crippen LogP contribution in [0.3, 0.4) is 0 Å². The molecular formula is C22H18IN5O6. The molecule has 0 radical (unpaired) electrons. The van der Waals surface area contributed by atoms with Crippen LogP contribution < -0.4 is 10.7 Å². The number of anilines is 2. The lowest BCUT2D eigenvalue weighted by Crippen LogP contribution is -2.14. The summed E-state index contributed by atoms with van der Waals surface area (Å²) in [5.74, 6) is 0.418. The molecule has 0 fully saturated rings. The smallest absolute Gasteiger partial charge is 0.301 e. The van der Waals surface area contributed by atoms with Crippen LogP contribution in [0, 0.1) is 30.7 Å². The van der Waals surface area contributed by atoms with E-state index < -0.39 is 15.5 Å². The van der Waals surface area contributed by atoms with E-state index in [1.807, 2.05) is 12.1 Å². The van der Waals surface area contributed by atoms with Gasteiger partial charge >= 0.3 is 5.69 Å². The number of amides is 1. The van der Waals surface area contributed by atoms with Crippen molar-refractivity contribution in [2.75, 3.05) is 10.7 Å². The van der Waals surface area contributed by atoms with Crippen molar-refractivity contribution in [3.8, 4) is 0 Å². The number of hydrazone groups is 1. The number of nitrogens with zero attached hydrogens (tertiary/aromatic N) is 3. The summed E-state index contributed by atoms with van der Waals surface area (Å²) >= 11 is 2.18. The molecule has 1 amide bonds. The first-order valence-corrected chi connectivity index (χ1v) is 11.3. The Morgan fingerprint density at radius 1 is 1.09 bits per heavy atom. The number of carbonyl (C=O) groups is 1. The van der Waals surface area contributed by atoms with Gasteiger partial charge in [-0.3, -0.25) is 30.4 Å². The van der Waals surface area contributed by atoms with Crippen molar-refractivity contribution < 1.29 is 19.1 Å². The minimum Gasteiger partial charge on any atom is -0.455 e. The Kier molecular flexibility index (Phi) is 6.58. The monoisotopic (exact) mass is 575 g/mol. The van der Waals surface area contributed by atoms with Crippen LogP contribution >= 0.6 is 22.6 Å². The molecule has 2 N–H and O–H groups in total. The molecule has 1 heterocycles. The second kappa shape index (κ2) is 9.59. The fourth-order valence-corrected chi connectivity index (χ4v) is 4.08. The lowest BCUT2D eigenvalue weighted by molar-refractivity contribution is -0.393. The third-order valence-electron chi connectivity index (χ3n) is 5.33. The number of aryl methyl sites for hydroxylation is 1. The molecule has 12 heteroatoms. The number of furan rings is 1. The Morgan fingerprint density at radius 3 is 2.50 bits per heavy atom. The van der Waals surface area contributed by atoms with Crippen LogP contribution in [0.25, 0.3) is 0 Å². The van der Waals surface area contributed by atoms with Gasteiger partial charge in [-0.25, -0.2) is 0 Å². The Balaban J connectivity index is 1.62. The Hall–Kier alpha value is -3.81. The SMILES string of the molecule is Cc1c(C(=O)Nc2ccc(I)cc2)oc2c1/C(=N/Nc1ccc([N+](=O)[O-])cc1[N+](=O)[O-])CCC2. The fourth-order valence-electron chi connectivity index (χ4n) is 3.72. The Labute approximate surface area is 206 Å². The number of rotatable bonds is 6. The molecule has 0 atom stereocenters. The lowest BCUT2D eigenvalue weighted by atomic mass is 9.93. The zero-order chi connectivity index (χ0) is 24.4. The van der Waals surface area contributed by atoms with Gasteiger partial charge in [0.2, 0.25) is 0 Å². The van der Waals surface area contributed by atoms with Crippen molar-refractivity contribution in [3.05, 3.63) is 88.9 Å². The highest BCUT2D eigenvalue weighted by atomic mass is 127. The third kappa shape index (κ3) is 4.76. The van der Waals surface area contributed by atoms with Crippen molar-refractivity contribution in [2.45, 2.75) is 26.2 Å². The first-order chi connectivity index (χ1) is 16.2. The molecule has 174 valence electrons. The molecule has 0 aliphatic heterocycles. The Morgan fingerprint density at radius 2 is 1.82 bits per heavy atom. The Bertz CT molecular complexity index is 1330. The second-order valence-electron chi connectivity index (χ2n) is 7.55. The van der Waals surface area contributed by atoms with Crippen molar-refractivity contribution in [3.63, 3.8) is 0 Å². The summed E-state index contributed by atoms with van der Waals surface area (Å²) in [7, 11) is 0. The summed E-state index contributed by atoms with van der Waals surface area (Å²) in [4.78, 5) is 33.8. The molecule has 4 rings (SSSR count). The van der Waals surface area contributed by atoms with Gasteiger partial charge in [0.15, 0.2) is 5.76 Å². The number of hydrogen-bond acceptors (Lipinski definition) is 8.